The van der Waals surface area contributed by atoms with Gasteiger partial charge in [0, 0.05) is 13.2 Å². The minimum Gasteiger partial charge on any atom is -0.372 e. The Balaban J connectivity index is 2.52. The minimum atomic E-state index is -3.67. The molecule has 0 spiro atoms. The number of nitrogens with one attached hydrogen (secondary N) is 1. The summed E-state index contributed by atoms with van der Waals surface area (Å²) >= 11 is 0. The average Bonchev–Trinajstić information content (AvgIpc) is 2.33. The molecule has 1 amide bonds. The van der Waals surface area contributed by atoms with Crippen LogP contribution in [0.25, 0.3) is 0 Å². The van der Waals surface area contributed by atoms with E-state index in [9.17, 15) is 13.2 Å². The van der Waals surface area contributed by atoms with E-state index in [0.717, 1.165) is 5.56 Å². The van der Waals surface area contributed by atoms with Crippen LogP contribution in [0.5, 0.6) is 0 Å². The van der Waals surface area contributed by atoms with Gasteiger partial charge in [0.2, 0.25) is 15.9 Å². The maximum absolute atomic E-state index is 11.2. The van der Waals surface area contributed by atoms with E-state index in [2.05, 4.69) is 5.32 Å². The zero-order valence-electron chi connectivity index (χ0n) is 10.0. The van der Waals surface area contributed by atoms with Crippen molar-refractivity contribution in [2.45, 2.75) is 18.4 Å². The van der Waals surface area contributed by atoms with Gasteiger partial charge in [0.15, 0.2) is 0 Å². The summed E-state index contributed by atoms with van der Waals surface area (Å²) in [6.07, 6.45) is 0. The summed E-state index contributed by atoms with van der Waals surface area (Å²) in [5, 5.41) is 7.62. The van der Waals surface area contributed by atoms with Crippen molar-refractivity contribution in [2.24, 2.45) is 5.14 Å². The highest BCUT2D eigenvalue weighted by Gasteiger charge is 2.07. The highest BCUT2D eigenvalue weighted by Crippen LogP contribution is 2.08. The van der Waals surface area contributed by atoms with Gasteiger partial charge in [-0.1, -0.05) is 12.1 Å². The Labute approximate surface area is 106 Å². The lowest BCUT2D eigenvalue weighted by molar-refractivity contribution is -0.125. The predicted octanol–water partition coefficient (Wildman–Crippen LogP) is -0.0133. The molecule has 0 aromatic heterocycles. The van der Waals surface area contributed by atoms with Crippen molar-refractivity contribution in [2.75, 3.05) is 13.2 Å². The van der Waals surface area contributed by atoms with Crippen LogP contribution in [0.15, 0.2) is 29.2 Å². The number of rotatable bonds is 6. The molecule has 3 N–H and O–H groups in total. The lowest BCUT2D eigenvalue weighted by atomic mass is 10.2. The van der Waals surface area contributed by atoms with Crippen molar-refractivity contribution in [3.63, 3.8) is 0 Å². The predicted molar refractivity (Wildman–Crippen MR) is 66.2 cm³/mol. The third kappa shape index (κ3) is 4.82. The van der Waals surface area contributed by atoms with E-state index in [0.29, 0.717) is 13.2 Å². The number of amides is 1. The lowest BCUT2D eigenvalue weighted by Crippen LogP contribution is -2.27. The van der Waals surface area contributed by atoms with Gasteiger partial charge in [-0.15, -0.1) is 0 Å². The topological polar surface area (TPSA) is 98.5 Å². The van der Waals surface area contributed by atoms with Crippen LogP contribution in [0, 0.1) is 0 Å². The Bertz CT molecular complexity index is 496. The monoisotopic (exact) mass is 272 g/mol. The second-order valence-corrected chi connectivity index (χ2v) is 5.16. The number of hydrogen-bond acceptors (Lipinski definition) is 4. The number of ether oxygens (including phenoxy) is 1. The highest BCUT2D eigenvalue weighted by molar-refractivity contribution is 7.89. The van der Waals surface area contributed by atoms with Crippen molar-refractivity contribution >= 4 is 15.9 Å². The number of primary sulfonamides is 1. The summed E-state index contributed by atoms with van der Waals surface area (Å²) in [5.41, 5.74) is 0.784. The lowest BCUT2D eigenvalue weighted by Gasteiger charge is -2.06. The summed E-state index contributed by atoms with van der Waals surface area (Å²) in [7, 11) is -3.67. The quantitative estimate of drug-likeness (QED) is 0.760. The minimum absolute atomic E-state index is 0.0196. The first kappa shape index (κ1) is 14.6. The van der Waals surface area contributed by atoms with Crippen LogP contribution in [-0.4, -0.2) is 27.5 Å². The molecule has 6 nitrogen and oxygen atoms in total. The Morgan fingerprint density at radius 3 is 2.44 bits per heavy atom. The second kappa shape index (κ2) is 6.48. The largest absolute Gasteiger partial charge is 0.372 e. The molecule has 100 valence electrons. The molecule has 0 bridgehead atoms. The molecule has 1 aromatic carbocycles. The zero-order chi connectivity index (χ0) is 13.6. The Hall–Kier alpha value is -1.44. The van der Waals surface area contributed by atoms with E-state index >= 15 is 0 Å². The summed E-state index contributed by atoms with van der Waals surface area (Å²) in [6, 6.07) is 6.00. The Kier molecular flexibility index (Phi) is 5.26. The number of nitrogens with two attached hydrogens (primary N) is 1. The van der Waals surface area contributed by atoms with Gasteiger partial charge in [0.05, 0.1) is 4.90 Å². The van der Waals surface area contributed by atoms with E-state index in [1.165, 1.54) is 12.1 Å². The molecule has 0 saturated carbocycles. The summed E-state index contributed by atoms with van der Waals surface area (Å²) in [4.78, 5) is 11.3. The fourth-order valence-electron chi connectivity index (χ4n) is 1.24. The van der Waals surface area contributed by atoms with Crippen LogP contribution < -0.4 is 10.5 Å². The third-order valence-electron chi connectivity index (χ3n) is 2.18. The molecule has 18 heavy (non-hydrogen) atoms. The number of benzene rings is 1. The van der Waals surface area contributed by atoms with E-state index in [1.54, 1.807) is 19.1 Å². The van der Waals surface area contributed by atoms with Crippen LogP contribution in [0.1, 0.15) is 12.5 Å². The molecule has 7 heteroatoms. The van der Waals surface area contributed by atoms with Crippen molar-refractivity contribution in [3.05, 3.63) is 29.8 Å². The molecule has 1 rings (SSSR count). The SMILES string of the molecule is CCOCC(=O)NCc1ccc(S(N)(=O)=O)cc1. The molecule has 1 aromatic rings. The molecular formula is C11H16N2O4S. The normalized spacial score (nSPS) is 11.2. The molecule has 0 aliphatic carbocycles. The van der Waals surface area contributed by atoms with Gasteiger partial charge >= 0.3 is 0 Å². The standard InChI is InChI=1S/C11H16N2O4S/c1-2-17-8-11(14)13-7-9-3-5-10(6-4-9)18(12,15)16/h3-6H,2,7-8H2,1H3,(H,13,14)(H2,12,15,16). The fraction of sp³-hybridized carbons (Fsp3) is 0.364. The van der Waals surface area contributed by atoms with Gasteiger partial charge in [0.1, 0.15) is 6.61 Å². The van der Waals surface area contributed by atoms with Crippen molar-refractivity contribution in [3.8, 4) is 0 Å². The Morgan fingerprint density at radius 2 is 1.94 bits per heavy atom. The van der Waals surface area contributed by atoms with Gasteiger partial charge in [0.25, 0.3) is 0 Å². The van der Waals surface area contributed by atoms with Crippen LogP contribution in [0.2, 0.25) is 0 Å². The molecule has 0 aliphatic rings. The molecule has 0 radical (unpaired) electrons. The maximum Gasteiger partial charge on any atom is 0.246 e. The maximum atomic E-state index is 11.2. The second-order valence-electron chi connectivity index (χ2n) is 3.60. The van der Waals surface area contributed by atoms with Gasteiger partial charge in [-0.25, -0.2) is 13.6 Å². The van der Waals surface area contributed by atoms with Gasteiger partial charge in [-0.2, -0.15) is 0 Å². The summed E-state index contributed by atoms with van der Waals surface area (Å²) < 4.78 is 27.0. The molecular weight excluding hydrogens is 256 g/mol. The van der Waals surface area contributed by atoms with Gasteiger partial charge in [-0.3, -0.25) is 4.79 Å². The summed E-state index contributed by atoms with van der Waals surface area (Å²) in [5.74, 6) is -0.215. The molecule has 0 saturated heterocycles. The Morgan fingerprint density at radius 1 is 1.33 bits per heavy atom. The molecule has 0 heterocycles. The number of sulfonamides is 1. The number of carbonyl (C=O) groups is 1. The van der Waals surface area contributed by atoms with Gasteiger partial charge < -0.3 is 10.1 Å². The smallest absolute Gasteiger partial charge is 0.246 e. The average molecular weight is 272 g/mol. The van der Waals surface area contributed by atoms with Crippen molar-refractivity contribution in [1.82, 2.24) is 5.32 Å². The first-order valence-corrected chi connectivity index (χ1v) is 6.94. The first-order valence-electron chi connectivity index (χ1n) is 5.39. The zero-order valence-corrected chi connectivity index (χ0v) is 10.9. The van der Waals surface area contributed by atoms with Crippen LogP contribution in [0.3, 0.4) is 0 Å². The third-order valence-corrected chi connectivity index (χ3v) is 3.11. The molecule has 0 unspecified atom stereocenters. The first-order chi connectivity index (χ1) is 8.43. The highest BCUT2D eigenvalue weighted by atomic mass is 32.2. The van der Waals surface area contributed by atoms with Crippen molar-refractivity contribution in [1.29, 1.82) is 0 Å². The molecule has 0 atom stereocenters. The molecule has 0 fully saturated rings. The molecule has 0 aliphatic heterocycles. The van der Waals surface area contributed by atoms with Crippen LogP contribution in [-0.2, 0) is 26.1 Å². The van der Waals surface area contributed by atoms with E-state index in [1.807, 2.05) is 0 Å². The number of carbonyl (C=O) groups excluding carboxylic acids is 1. The van der Waals surface area contributed by atoms with Gasteiger partial charge in [-0.05, 0) is 24.6 Å². The van der Waals surface area contributed by atoms with E-state index < -0.39 is 10.0 Å². The number of hydrogen-bond donors (Lipinski definition) is 2. The summed E-state index contributed by atoms with van der Waals surface area (Å²) in [6.45, 7) is 2.62. The van der Waals surface area contributed by atoms with Crippen molar-refractivity contribution < 1.29 is 17.9 Å². The van der Waals surface area contributed by atoms with Crippen LogP contribution in [0.4, 0.5) is 0 Å². The van der Waals surface area contributed by atoms with E-state index in [-0.39, 0.29) is 17.4 Å². The fourth-order valence-corrected chi connectivity index (χ4v) is 1.76. The van der Waals surface area contributed by atoms with Crippen LogP contribution >= 0.6 is 0 Å². The van der Waals surface area contributed by atoms with E-state index in [4.69, 9.17) is 9.88 Å².